The Hall–Kier alpha value is -1.89. The van der Waals surface area contributed by atoms with Crippen molar-refractivity contribution in [1.82, 2.24) is 5.32 Å². The molecule has 1 amide bonds. The number of nitrogen functional groups attached to an aromatic ring is 1. The van der Waals surface area contributed by atoms with Crippen molar-refractivity contribution in [3.8, 4) is 0 Å². The summed E-state index contributed by atoms with van der Waals surface area (Å²) in [5.74, 6) is -1.81. The number of nitrogens with two attached hydrogens (primary N) is 1. The van der Waals surface area contributed by atoms with Gasteiger partial charge in [0, 0.05) is 19.2 Å². The Morgan fingerprint density at radius 3 is 3.00 bits per heavy atom. The van der Waals surface area contributed by atoms with Gasteiger partial charge >= 0.3 is 0 Å². The molecular formula is C13H17F2N3O2. The number of benzene rings is 1. The third-order valence-corrected chi connectivity index (χ3v) is 3.16. The van der Waals surface area contributed by atoms with E-state index in [4.69, 9.17) is 10.5 Å². The zero-order valence-electron chi connectivity index (χ0n) is 11.2. The summed E-state index contributed by atoms with van der Waals surface area (Å²) < 4.78 is 32.2. The highest BCUT2D eigenvalue weighted by Gasteiger charge is 2.31. The number of morpholine rings is 1. The lowest BCUT2D eigenvalue weighted by atomic mass is 10.1. The standard InChI is InChI=1S/C13H17F2N3O2/c1-2-17-13(19)11-7-20-4-3-18(11)10-6-8(14)5-9(15)12(10)16/h5-6,11H,2-4,7,16H2,1H3,(H,17,19). The van der Waals surface area contributed by atoms with Gasteiger partial charge in [-0.1, -0.05) is 0 Å². The van der Waals surface area contributed by atoms with Crippen molar-refractivity contribution in [2.24, 2.45) is 0 Å². The highest BCUT2D eigenvalue weighted by molar-refractivity contribution is 5.87. The van der Waals surface area contributed by atoms with Gasteiger partial charge in [0.1, 0.15) is 11.9 Å². The fourth-order valence-electron chi connectivity index (χ4n) is 2.21. The molecule has 2 rings (SSSR count). The van der Waals surface area contributed by atoms with Gasteiger partial charge in [-0.05, 0) is 13.0 Å². The first-order chi connectivity index (χ1) is 9.54. The van der Waals surface area contributed by atoms with E-state index in [0.717, 1.165) is 12.1 Å². The summed E-state index contributed by atoms with van der Waals surface area (Å²) in [4.78, 5) is 13.6. The predicted molar refractivity (Wildman–Crippen MR) is 71.4 cm³/mol. The summed E-state index contributed by atoms with van der Waals surface area (Å²) in [6, 6.07) is 1.21. The van der Waals surface area contributed by atoms with E-state index in [0.29, 0.717) is 19.7 Å². The number of nitrogens with zero attached hydrogens (tertiary/aromatic N) is 1. The van der Waals surface area contributed by atoms with Gasteiger partial charge in [0.05, 0.1) is 24.6 Å². The van der Waals surface area contributed by atoms with Crippen molar-refractivity contribution in [2.45, 2.75) is 13.0 Å². The second kappa shape index (κ2) is 6.04. The Bertz CT molecular complexity index is 511. The number of rotatable bonds is 3. The van der Waals surface area contributed by atoms with Crippen molar-refractivity contribution in [2.75, 3.05) is 36.9 Å². The summed E-state index contributed by atoms with van der Waals surface area (Å²) >= 11 is 0. The van der Waals surface area contributed by atoms with E-state index in [1.807, 2.05) is 0 Å². The monoisotopic (exact) mass is 285 g/mol. The Morgan fingerprint density at radius 1 is 1.55 bits per heavy atom. The molecule has 7 heteroatoms. The highest BCUT2D eigenvalue weighted by Crippen LogP contribution is 2.30. The number of carbonyl (C=O) groups excluding carboxylic acids is 1. The molecule has 1 aliphatic rings. The lowest BCUT2D eigenvalue weighted by Crippen LogP contribution is -2.54. The minimum atomic E-state index is -0.832. The Morgan fingerprint density at radius 2 is 2.30 bits per heavy atom. The van der Waals surface area contributed by atoms with Crippen molar-refractivity contribution >= 4 is 17.3 Å². The summed E-state index contributed by atoms with van der Waals surface area (Å²) in [5, 5.41) is 2.67. The lowest BCUT2D eigenvalue weighted by Gasteiger charge is -2.36. The molecule has 0 aromatic heterocycles. The first kappa shape index (κ1) is 14.5. The minimum Gasteiger partial charge on any atom is -0.395 e. The van der Waals surface area contributed by atoms with Gasteiger partial charge in [-0.15, -0.1) is 0 Å². The number of amides is 1. The molecule has 0 aliphatic carbocycles. The second-order valence-corrected chi connectivity index (χ2v) is 4.50. The Balaban J connectivity index is 2.35. The summed E-state index contributed by atoms with van der Waals surface area (Å²) in [6.45, 7) is 3.13. The third-order valence-electron chi connectivity index (χ3n) is 3.16. The molecule has 1 aromatic carbocycles. The fraction of sp³-hybridized carbons (Fsp3) is 0.462. The van der Waals surface area contributed by atoms with Gasteiger partial charge in [0.15, 0.2) is 5.82 Å². The average molecular weight is 285 g/mol. The Labute approximate surface area is 115 Å². The molecule has 0 saturated carbocycles. The third kappa shape index (κ3) is 2.82. The average Bonchev–Trinajstić information content (AvgIpc) is 2.43. The van der Waals surface area contributed by atoms with Crippen LogP contribution in [0, 0.1) is 11.6 Å². The maximum atomic E-state index is 13.5. The van der Waals surface area contributed by atoms with Crippen molar-refractivity contribution < 1.29 is 18.3 Å². The first-order valence-electron chi connectivity index (χ1n) is 6.41. The quantitative estimate of drug-likeness (QED) is 0.809. The molecule has 5 nitrogen and oxygen atoms in total. The van der Waals surface area contributed by atoms with Crippen LogP contribution in [-0.2, 0) is 9.53 Å². The maximum absolute atomic E-state index is 13.5. The van der Waals surface area contributed by atoms with Gasteiger partial charge < -0.3 is 20.7 Å². The van der Waals surface area contributed by atoms with E-state index in [1.165, 1.54) is 0 Å². The predicted octanol–water partition coefficient (Wildman–Crippen LogP) is 0.888. The van der Waals surface area contributed by atoms with E-state index >= 15 is 0 Å². The zero-order chi connectivity index (χ0) is 14.7. The lowest BCUT2D eigenvalue weighted by molar-refractivity contribution is -0.124. The molecule has 110 valence electrons. The molecule has 1 unspecified atom stereocenters. The van der Waals surface area contributed by atoms with Crippen molar-refractivity contribution in [3.63, 3.8) is 0 Å². The molecule has 0 spiro atoms. The van der Waals surface area contributed by atoms with E-state index in [-0.39, 0.29) is 23.9 Å². The number of ether oxygens (including phenoxy) is 1. The van der Waals surface area contributed by atoms with Crippen LogP contribution in [0.1, 0.15) is 6.92 Å². The van der Waals surface area contributed by atoms with Crippen LogP contribution in [-0.4, -0.2) is 38.3 Å². The van der Waals surface area contributed by atoms with Crippen LogP contribution in [0.15, 0.2) is 12.1 Å². The van der Waals surface area contributed by atoms with Crippen LogP contribution in [0.4, 0.5) is 20.2 Å². The molecular weight excluding hydrogens is 268 g/mol. The summed E-state index contributed by atoms with van der Waals surface area (Å²) in [6.07, 6.45) is 0. The maximum Gasteiger partial charge on any atom is 0.245 e. The summed E-state index contributed by atoms with van der Waals surface area (Å²) in [7, 11) is 0. The molecule has 1 atom stereocenters. The fourth-order valence-corrected chi connectivity index (χ4v) is 2.21. The van der Waals surface area contributed by atoms with Crippen LogP contribution in [0.3, 0.4) is 0 Å². The largest absolute Gasteiger partial charge is 0.395 e. The Kier molecular flexibility index (Phi) is 4.39. The van der Waals surface area contributed by atoms with Crippen LogP contribution in [0.25, 0.3) is 0 Å². The van der Waals surface area contributed by atoms with Crippen LogP contribution in [0.5, 0.6) is 0 Å². The number of likely N-dealkylation sites (N-methyl/N-ethyl adjacent to an activating group) is 1. The molecule has 3 N–H and O–H groups in total. The van der Waals surface area contributed by atoms with Crippen LogP contribution in [0.2, 0.25) is 0 Å². The molecule has 1 heterocycles. The van der Waals surface area contributed by atoms with E-state index in [9.17, 15) is 13.6 Å². The zero-order valence-corrected chi connectivity index (χ0v) is 11.2. The number of carbonyl (C=O) groups is 1. The number of nitrogens with one attached hydrogen (secondary N) is 1. The first-order valence-corrected chi connectivity index (χ1v) is 6.41. The molecule has 0 radical (unpaired) electrons. The van der Waals surface area contributed by atoms with Crippen molar-refractivity contribution in [1.29, 1.82) is 0 Å². The van der Waals surface area contributed by atoms with Gasteiger partial charge in [0.25, 0.3) is 0 Å². The van der Waals surface area contributed by atoms with E-state index in [2.05, 4.69) is 5.32 Å². The van der Waals surface area contributed by atoms with Gasteiger partial charge in [-0.25, -0.2) is 8.78 Å². The molecule has 1 fully saturated rings. The molecule has 1 aliphatic heterocycles. The van der Waals surface area contributed by atoms with Gasteiger partial charge in [0.2, 0.25) is 5.91 Å². The van der Waals surface area contributed by atoms with Crippen molar-refractivity contribution in [3.05, 3.63) is 23.8 Å². The smallest absolute Gasteiger partial charge is 0.245 e. The molecule has 20 heavy (non-hydrogen) atoms. The van der Waals surface area contributed by atoms with Crippen LogP contribution >= 0.6 is 0 Å². The molecule has 0 bridgehead atoms. The number of anilines is 2. The molecule has 1 aromatic rings. The van der Waals surface area contributed by atoms with E-state index < -0.39 is 17.7 Å². The molecule has 1 saturated heterocycles. The number of halogens is 2. The second-order valence-electron chi connectivity index (χ2n) is 4.50. The normalized spacial score (nSPS) is 18.9. The minimum absolute atomic E-state index is 0.156. The van der Waals surface area contributed by atoms with Crippen LogP contribution < -0.4 is 16.0 Å². The topological polar surface area (TPSA) is 67.6 Å². The summed E-state index contributed by atoms with van der Waals surface area (Å²) in [5.41, 5.74) is 5.68. The SMILES string of the molecule is CCNC(=O)C1COCCN1c1cc(F)cc(F)c1N. The van der Waals surface area contributed by atoms with Gasteiger partial charge in [-0.2, -0.15) is 0 Å². The number of hydrogen-bond donors (Lipinski definition) is 2. The highest BCUT2D eigenvalue weighted by atomic mass is 19.1. The van der Waals surface area contributed by atoms with Gasteiger partial charge in [-0.3, -0.25) is 4.79 Å². The number of hydrogen-bond acceptors (Lipinski definition) is 4. The van der Waals surface area contributed by atoms with E-state index in [1.54, 1.807) is 11.8 Å².